The SMILES string of the molecule is CC(C)[C@H](NC(=O)CC1(n2cccc2)CCCCC1)c1nc2ccccc2n1C. The molecule has 1 N–H and O–H groups in total. The Labute approximate surface area is 173 Å². The predicted molar refractivity (Wildman–Crippen MR) is 117 cm³/mol. The minimum absolute atomic E-state index is 0.0975. The highest BCUT2D eigenvalue weighted by Crippen LogP contribution is 2.38. The van der Waals surface area contributed by atoms with E-state index < -0.39 is 0 Å². The van der Waals surface area contributed by atoms with Crippen molar-refractivity contribution in [1.82, 2.24) is 19.4 Å². The molecule has 0 saturated heterocycles. The third-order valence-electron chi connectivity index (χ3n) is 6.51. The second kappa shape index (κ2) is 8.05. The van der Waals surface area contributed by atoms with E-state index in [9.17, 15) is 4.79 Å². The Hall–Kier alpha value is -2.56. The smallest absolute Gasteiger partial charge is 0.222 e. The summed E-state index contributed by atoms with van der Waals surface area (Å²) in [6.07, 6.45) is 10.5. The Bertz CT molecular complexity index is 964. The van der Waals surface area contributed by atoms with Gasteiger partial charge in [-0.1, -0.05) is 45.2 Å². The molecule has 1 aliphatic carbocycles. The number of para-hydroxylation sites is 2. The van der Waals surface area contributed by atoms with Crippen LogP contribution < -0.4 is 5.32 Å². The highest BCUT2D eigenvalue weighted by Gasteiger charge is 2.36. The van der Waals surface area contributed by atoms with Crippen molar-refractivity contribution in [3.63, 3.8) is 0 Å². The zero-order valence-electron chi connectivity index (χ0n) is 17.8. The molecule has 5 nitrogen and oxygen atoms in total. The molecule has 2 heterocycles. The van der Waals surface area contributed by atoms with Crippen LogP contribution in [-0.2, 0) is 17.4 Å². The van der Waals surface area contributed by atoms with E-state index >= 15 is 0 Å². The van der Waals surface area contributed by atoms with Crippen LogP contribution in [-0.4, -0.2) is 20.0 Å². The Morgan fingerprint density at radius 3 is 2.45 bits per heavy atom. The van der Waals surface area contributed by atoms with Gasteiger partial charge in [0.1, 0.15) is 5.82 Å². The van der Waals surface area contributed by atoms with Gasteiger partial charge < -0.3 is 14.5 Å². The monoisotopic (exact) mass is 392 g/mol. The number of nitrogens with zero attached hydrogens (tertiary/aromatic N) is 3. The number of carbonyl (C=O) groups excluding carboxylic acids is 1. The lowest BCUT2D eigenvalue weighted by atomic mass is 9.78. The first-order valence-corrected chi connectivity index (χ1v) is 10.8. The molecule has 1 amide bonds. The Morgan fingerprint density at radius 1 is 1.10 bits per heavy atom. The van der Waals surface area contributed by atoms with Crippen LogP contribution in [0.15, 0.2) is 48.8 Å². The molecular weight excluding hydrogens is 360 g/mol. The van der Waals surface area contributed by atoms with Gasteiger partial charge in [-0.15, -0.1) is 0 Å². The topological polar surface area (TPSA) is 51.9 Å². The predicted octanol–water partition coefficient (Wildman–Crippen LogP) is 4.94. The second-order valence-corrected chi connectivity index (χ2v) is 8.86. The largest absolute Gasteiger partial charge is 0.348 e. The molecule has 0 bridgehead atoms. The number of aryl methyl sites for hydroxylation is 1. The Kier molecular flexibility index (Phi) is 5.48. The minimum atomic E-state index is -0.106. The van der Waals surface area contributed by atoms with Crippen molar-refractivity contribution in [1.29, 1.82) is 0 Å². The molecule has 1 aliphatic rings. The molecule has 0 unspecified atom stereocenters. The fraction of sp³-hybridized carbons (Fsp3) is 0.500. The summed E-state index contributed by atoms with van der Waals surface area (Å²) in [5.74, 6) is 1.29. The number of aromatic nitrogens is 3. The second-order valence-electron chi connectivity index (χ2n) is 8.86. The maximum absolute atomic E-state index is 13.3. The third kappa shape index (κ3) is 3.83. The van der Waals surface area contributed by atoms with Crippen molar-refractivity contribution < 1.29 is 4.79 Å². The quantitative estimate of drug-likeness (QED) is 0.646. The molecule has 5 heteroatoms. The number of rotatable bonds is 6. The van der Waals surface area contributed by atoms with Crippen LogP contribution in [0, 0.1) is 5.92 Å². The van der Waals surface area contributed by atoms with Crippen molar-refractivity contribution in [3.05, 3.63) is 54.6 Å². The van der Waals surface area contributed by atoms with E-state index in [1.807, 2.05) is 25.2 Å². The molecule has 1 fully saturated rings. The summed E-state index contributed by atoms with van der Waals surface area (Å²) in [4.78, 5) is 18.1. The van der Waals surface area contributed by atoms with Gasteiger partial charge in [-0.3, -0.25) is 4.79 Å². The number of fused-ring (bicyclic) bond motifs is 1. The lowest BCUT2D eigenvalue weighted by Crippen LogP contribution is -2.42. The summed E-state index contributed by atoms with van der Waals surface area (Å²) < 4.78 is 4.38. The van der Waals surface area contributed by atoms with Gasteiger partial charge in [0.15, 0.2) is 0 Å². The molecule has 0 aliphatic heterocycles. The average Bonchev–Trinajstić information content (AvgIpc) is 3.36. The summed E-state index contributed by atoms with van der Waals surface area (Å²) in [7, 11) is 2.04. The standard InChI is InChI=1S/C24H32N4O/c1-18(2)22(23-25-19-11-5-6-12-20(19)27(23)3)26-21(29)17-24(13-7-4-8-14-24)28-15-9-10-16-28/h5-6,9-12,15-16,18,22H,4,7-8,13-14,17H2,1-3H3,(H,26,29)/t22-/m0/s1. The number of benzene rings is 1. The number of amides is 1. The molecule has 3 aromatic rings. The van der Waals surface area contributed by atoms with Crippen LogP contribution in [0.4, 0.5) is 0 Å². The maximum Gasteiger partial charge on any atom is 0.222 e. The van der Waals surface area contributed by atoms with Crippen LogP contribution in [0.1, 0.15) is 64.2 Å². The van der Waals surface area contributed by atoms with Crippen molar-refractivity contribution in [2.75, 3.05) is 0 Å². The van der Waals surface area contributed by atoms with E-state index in [0.717, 1.165) is 29.7 Å². The fourth-order valence-electron chi connectivity index (χ4n) is 4.88. The summed E-state index contributed by atoms with van der Waals surface area (Å²) in [5, 5.41) is 3.33. The van der Waals surface area contributed by atoms with Crippen molar-refractivity contribution in [2.45, 2.75) is 64.0 Å². The van der Waals surface area contributed by atoms with E-state index in [4.69, 9.17) is 4.98 Å². The first-order valence-electron chi connectivity index (χ1n) is 10.8. The molecule has 0 radical (unpaired) electrons. The van der Waals surface area contributed by atoms with Crippen LogP contribution >= 0.6 is 0 Å². The van der Waals surface area contributed by atoms with Crippen LogP contribution in [0.25, 0.3) is 11.0 Å². The lowest BCUT2D eigenvalue weighted by molar-refractivity contribution is -0.124. The molecule has 1 saturated carbocycles. The molecule has 29 heavy (non-hydrogen) atoms. The zero-order chi connectivity index (χ0) is 20.4. The van der Waals surface area contributed by atoms with Gasteiger partial charge in [0.05, 0.1) is 29.0 Å². The first-order chi connectivity index (χ1) is 14.0. The fourth-order valence-corrected chi connectivity index (χ4v) is 4.88. The molecule has 154 valence electrons. The molecule has 2 aromatic heterocycles. The van der Waals surface area contributed by atoms with Gasteiger partial charge in [0.25, 0.3) is 0 Å². The summed E-state index contributed by atoms with van der Waals surface area (Å²) in [6, 6.07) is 12.2. The minimum Gasteiger partial charge on any atom is -0.348 e. The number of carbonyl (C=O) groups is 1. The van der Waals surface area contributed by atoms with E-state index in [1.54, 1.807) is 0 Å². The van der Waals surface area contributed by atoms with Gasteiger partial charge in [-0.25, -0.2) is 4.98 Å². The number of hydrogen-bond acceptors (Lipinski definition) is 2. The van der Waals surface area contributed by atoms with E-state index in [-0.39, 0.29) is 23.4 Å². The molecule has 1 atom stereocenters. The number of hydrogen-bond donors (Lipinski definition) is 1. The molecule has 4 rings (SSSR count). The molecule has 0 spiro atoms. The maximum atomic E-state index is 13.3. The molecular formula is C24H32N4O. The average molecular weight is 393 g/mol. The normalized spacial score (nSPS) is 17.5. The van der Waals surface area contributed by atoms with Gasteiger partial charge >= 0.3 is 0 Å². The van der Waals surface area contributed by atoms with Gasteiger partial charge in [-0.2, -0.15) is 0 Å². The van der Waals surface area contributed by atoms with E-state index in [1.165, 1.54) is 19.3 Å². The number of imidazole rings is 1. The third-order valence-corrected chi connectivity index (χ3v) is 6.51. The van der Waals surface area contributed by atoms with E-state index in [0.29, 0.717) is 6.42 Å². The highest BCUT2D eigenvalue weighted by molar-refractivity contribution is 5.78. The highest BCUT2D eigenvalue weighted by atomic mass is 16.1. The van der Waals surface area contributed by atoms with Gasteiger partial charge in [-0.05, 0) is 43.0 Å². The first kappa shape index (κ1) is 19.7. The summed E-state index contributed by atoms with van der Waals surface area (Å²) >= 11 is 0. The summed E-state index contributed by atoms with van der Waals surface area (Å²) in [5.41, 5.74) is 1.97. The number of nitrogens with one attached hydrogen (secondary N) is 1. The van der Waals surface area contributed by atoms with Crippen LogP contribution in [0.3, 0.4) is 0 Å². The Morgan fingerprint density at radius 2 is 1.79 bits per heavy atom. The van der Waals surface area contributed by atoms with Crippen molar-refractivity contribution >= 4 is 16.9 Å². The van der Waals surface area contributed by atoms with Crippen molar-refractivity contribution in [3.8, 4) is 0 Å². The zero-order valence-corrected chi connectivity index (χ0v) is 17.8. The van der Waals surface area contributed by atoms with Crippen molar-refractivity contribution in [2.24, 2.45) is 13.0 Å². The van der Waals surface area contributed by atoms with Gasteiger partial charge in [0, 0.05) is 19.4 Å². The lowest BCUT2D eigenvalue weighted by Gasteiger charge is -2.39. The van der Waals surface area contributed by atoms with Crippen LogP contribution in [0.5, 0.6) is 0 Å². The van der Waals surface area contributed by atoms with Crippen LogP contribution in [0.2, 0.25) is 0 Å². The Balaban J connectivity index is 1.58. The summed E-state index contributed by atoms with van der Waals surface area (Å²) in [6.45, 7) is 4.29. The van der Waals surface area contributed by atoms with E-state index in [2.05, 4.69) is 58.9 Å². The molecule has 1 aromatic carbocycles. The van der Waals surface area contributed by atoms with Gasteiger partial charge in [0.2, 0.25) is 5.91 Å².